The molecule has 0 saturated heterocycles. The fraction of sp³-hybridized carbons (Fsp3) is 0.200. The minimum Gasteiger partial charge on any atom is -0.309 e. The van der Waals surface area contributed by atoms with Gasteiger partial charge in [-0.3, -0.25) is 0 Å². The van der Waals surface area contributed by atoms with Crippen LogP contribution in [0.1, 0.15) is 16.7 Å². The van der Waals surface area contributed by atoms with Crippen molar-refractivity contribution in [1.29, 1.82) is 0 Å². The van der Waals surface area contributed by atoms with Crippen LogP contribution in [0.2, 0.25) is 5.02 Å². The number of aryl methyl sites for hydroxylation is 1. The molecule has 0 atom stereocenters. The molecule has 0 spiro atoms. The first-order chi connectivity index (χ1) is 8.65. The molecule has 1 N–H and O–H groups in total. The maximum absolute atomic E-state index is 13.0. The summed E-state index contributed by atoms with van der Waals surface area (Å²) in [6.07, 6.45) is 0. The number of hydrogen-bond acceptors (Lipinski definition) is 1. The topological polar surface area (TPSA) is 12.0 Å². The van der Waals surface area contributed by atoms with E-state index in [1.54, 1.807) is 12.1 Å². The van der Waals surface area contributed by atoms with Crippen LogP contribution in [0.5, 0.6) is 0 Å². The van der Waals surface area contributed by atoms with Crippen LogP contribution >= 0.6 is 11.6 Å². The van der Waals surface area contributed by atoms with Crippen molar-refractivity contribution < 1.29 is 4.39 Å². The number of nitrogens with one attached hydrogen (secondary N) is 1. The largest absolute Gasteiger partial charge is 0.309 e. The molecular formula is C15H15ClFN. The SMILES string of the molecule is Cc1ccc(CNCc2ccc(F)c(Cl)c2)cc1. The molecule has 18 heavy (non-hydrogen) atoms. The lowest BCUT2D eigenvalue weighted by Crippen LogP contribution is -2.12. The molecule has 0 fully saturated rings. The van der Waals surface area contributed by atoms with Crippen LogP contribution in [0, 0.1) is 12.7 Å². The monoisotopic (exact) mass is 263 g/mol. The third kappa shape index (κ3) is 3.56. The standard InChI is InChI=1S/C15H15ClFN/c1-11-2-4-12(5-3-11)9-18-10-13-6-7-15(17)14(16)8-13/h2-8,18H,9-10H2,1H3. The van der Waals surface area contributed by atoms with Gasteiger partial charge in [-0.2, -0.15) is 0 Å². The van der Waals surface area contributed by atoms with Gasteiger partial charge in [0, 0.05) is 13.1 Å². The second kappa shape index (κ2) is 5.98. The number of benzene rings is 2. The summed E-state index contributed by atoms with van der Waals surface area (Å²) >= 11 is 5.72. The Hall–Kier alpha value is -1.38. The molecule has 0 heterocycles. The molecule has 0 aliphatic carbocycles. The lowest BCUT2D eigenvalue weighted by atomic mass is 10.1. The Balaban J connectivity index is 1.88. The average Bonchev–Trinajstić information content (AvgIpc) is 2.36. The van der Waals surface area contributed by atoms with Crippen molar-refractivity contribution in [2.45, 2.75) is 20.0 Å². The number of rotatable bonds is 4. The van der Waals surface area contributed by atoms with Crippen molar-refractivity contribution in [3.05, 3.63) is 70.0 Å². The van der Waals surface area contributed by atoms with Crippen LogP contribution in [0.15, 0.2) is 42.5 Å². The van der Waals surface area contributed by atoms with Gasteiger partial charge in [-0.05, 0) is 30.2 Å². The van der Waals surface area contributed by atoms with Gasteiger partial charge in [0.15, 0.2) is 0 Å². The van der Waals surface area contributed by atoms with Crippen molar-refractivity contribution in [3.63, 3.8) is 0 Å². The summed E-state index contributed by atoms with van der Waals surface area (Å²) in [6, 6.07) is 13.2. The van der Waals surface area contributed by atoms with Gasteiger partial charge in [0.1, 0.15) is 5.82 Å². The van der Waals surface area contributed by atoms with E-state index in [4.69, 9.17) is 11.6 Å². The minimum atomic E-state index is -0.376. The maximum Gasteiger partial charge on any atom is 0.141 e. The van der Waals surface area contributed by atoms with E-state index in [2.05, 4.69) is 36.5 Å². The Morgan fingerprint density at radius 2 is 1.61 bits per heavy atom. The normalized spacial score (nSPS) is 10.6. The molecule has 0 radical (unpaired) electrons. The van der Waals surface area contributed by atoms with Crippen molar-refractivity contribution >= 4 is 11.6 Å². The summed E-state index contributed by atoms with van der Waals surface area (Å²) in [4.78, 5) is 0. The second-order valence-corrected chi connectivity index (χ2v) is 4.74. The van der Waals surface area contributed by atoms with Crippen LogP contribution in [0.4, 0.5) is 4.39 Å². The second-order valence-electron chi connectivity index (χ2n) is 4.34. The molecule has 0 amide bonds. The molecule has 1 nitrogen and oxygen atoms in total. The Labute approximate surface area is 112 Å². The molecule has 0 aliphatic rings. The predicted octanol–water partition coefficient (Wildman–Crippen LogP) is 4.08. The zero-order valence-corrected chi connectivity index (χ0v) is 11.0. The van der Waals surface area contributed by atoms with Gasteiger partial charge in [0.2, 0.25) is 0 Å². The van der Waals surface area contributed by atoms with Gasteiger partial charge in [0.05, 0.1) is 5.02 Å². The molecule has 0 aromatic heterocycles. The van der Waals surface area contributed by atoms with Crippen LogP contribution < -0.4 is 5.32 Å². The first kappa shape index (κ1) is 13.1. The molecule has 2 rings (SSSR count). The fourth-order valence-corrected chi connectivity index (χ4v) is 1.91. The molecule has 0 bridgehead atoms. The third-order valence-electron chi connectivity index (χ3n) is 2.76. The van der Waals surface area contributed by atoms with Crippen LogP contribution in [-0.2, 0) is 13.1 Å². The fourth-order valence-electron chi connectivity index (χ4n) is 1.71. The highest BCUT2D eigenvalue weighted by Crippen LogP contribution is 2.15. The molecule has 94 valence electrons. The van der Waals surface area contributed by atoms with E-state index in [1.807, 2.05) is 0 Å². The molecule has 3 heteroatoms. The molecule has 0 aliphatic heterocycles. The highest BCUT2D eigenvalue weighted by molar-refractivity contribution is 6.30. The first-order valence-electron chi connectivity index (χ1n) is 5.85. The molecule has 2 aromatic rings. The van der Waals surface area contributed by atoms with Gasteiger partial charge in [-0.25, -0.2) is 4.39 Å². The minimum absolute atomic E-state index is 0.171. The van der Waals surface area contributed by atoms with E-state index in [0.29, 0.717) is 6.54 Å². The van der Waals surface area contributed by atoms with Crippen molar-refractivity contribution in [2.24, 2.45) is 0 Å². The lowest BCUT2D eigenvalue weighted by Gasteiger charge is -2.06. The molecule has 0 unspecified atom stereocenters. The van der Waals surface area contributed by atoms with E-state index in [0.717, 1.165) is 12.1 Å². The van der Waals surface area contributed by atoms with Crippen LogP contribution in [-0.4, -0.2) is 0 Å². The maximum atomic E-state index is 13.0. The smallest absolute Gasteiger partial charge is 0.141 e. The molecule has 0 saturated carbocycles. The van der Waals surface area contributed by atoms with E-state index in [1.165, 1.54) is 17.2 Å². The summed E-state index contributed by atoms with van der Waals surface area (Å²) < 4.78 is 13.0. The van der Waals surface area contributed by atoms with E-state index in [9.17, 15) is 4.39 Å². The van der Waals surface area contributed by atoms with E-state index < -0.39 is 0 Å². The summed E-state index contributed by atoms with van der Waals surface area (Å²) in [5, 5.41) is 3.47. The Kier molecular flexibility index (Phi) is 4.34. The van der Waals surface area contributed by atoms with Gasteiger partial charge < -0.3 is 5.32 Å². The summed E-state index contributed by atoms with van der Waals surface area (Å²) in [7, 11) is 0. The van der Waals surface area contributed by atoms with Crippen molar-refractivity contribution in [1.82, 2.24) is 5.32 Å². The summed E-state index contributed by atoms with van der Waals surface area (Å²) in [5.74, 6) is -0.376. The quantitative estimate of drug-likeness (QED) is 0.877. The van der Waals surface area contributed by atoms with Crippen molar-refractivity contribution in [3.8, 4) is 0 Å². The number of hydrogen-bond donors (Lipinski definition) is 1. The third-order valence-corrected chi connectivity index (χ3v) is 3.05. The Morgan fingerprint density at radius 3 is 2.28 bits per heavy atom. The Bertz CT molecular complexity index is 523. The van der Waals surface area contributed by atoms with Crippen LogP contribution in [0.25, 0.3) is 0 Å². The van der Waals surface area contributed by atoms with Crippen molar-refractivity contribution in [2.75, 3.05) is 0 Å². The van der Waals surface area contributed by atoms with Gasteiger partial charge in [-0.1, -0.05) is 47.5 Å². The Morgan fingerprint density at radius 1 is 1.00 bits per heavy atom. The highest BCUT2D eigenvalue weighted by atomic mass is 35.5. The van der Waals surface area contributed by atoms with E-state index >= 15 is 0 Å². The zero-order chi connectivity index (χ0) is 13.0. The lowest BCUT2D eigenvalue weighted by molar-refractivity contribution is 0.625. The number of halogens is 2. The molecular weight excluding hydrogens is 249 g/mol. The highest BCUT2D eigenvalue weighted by Gasteiger charge is 2.00. The average molecular weight is 264 g/mol. The van der Waals surface area contributed by atoms with Gasteiger partial charge in [-0.15, -0.1) is 0 Å². The van der Waals surface area contributed by atoms with Gasteiger partial charge in [0.25, 0.3) is 0 Å². The summed E-state index contributed by atoms with van der Waals surface area (Å²) in [6.45, 7) is 3.53. The predicted molar refractivity (Wildman–Crippen MR) is 73.1 cm³/mol. The molecule has 2 aromatic carbocycles. The first-order valence-corrected chi connectivity index (χ1v) is 6.23. The van der Waals surface area contributed by atoms with E-state index in [-0.39, 0.29) is 10.8 Å². The summed E-state index contributed by atoms with van der Waals surface area (Å²) in [5.41, 5.74) is 3.46. The van der Waals surface area contributed by atoms with Gasteiger partial charge >= 0.3 is 0 Å². The van der Waals surface area contributed by atoms with Crippen LogP contribution in [0.3, 0.4) is 0 Å². The zero-order valence-electron chi connectivity index (χ0n) is 10.2.